The fourth-order valence-corrected chi connectivity index (χ4v) is 6.10. The van der Waals surface area contributed by atoms with E-state index in [2.05, 4.69) is 23.5 Å². The molecule has 1 saturated carbocycles. The molecule has 1 aromatic rings. The van der Waals surface area contributed by atoms with Crippen LogP contribution in [0.2, 0.25) is 0 Å². The van der Waals surface area contributed by atoms with Gasteiger partial charge in [0.25, 0.3) is 0 Å². The van der Waals surface area contributed by atoms with Gasteiger partial charge in [0.2, 0.25) is 5.91 Å². The van der Waals surface area contributed by atoms with Crippen LogP contribution >= 0.6 is 23.4 Å². The quantitative estimate of drug-likeness (QED) is 0.691. The number of benzene rings is 1. The third-order valence-corrected chi connectivity index (χ3v) is 7.42. The van der Waals surface area contributed by atoms with Gasteiger partial charge in [-0.05, 0) is 35.8 Å². The fraction of sp³-hybridized carbons (Fsp3) is 0.526. The van der Waals surface area contributed by atoms with Gasteiger partial charge >= 0.3 is 0 Å². The monoisotopic (exact) mass is 378 g/mol. The summed E-state index contributed by atoms with van der Waals surface area (Å²) in [6.45, 7) is 1.96. The van der Waals surface area contributed by atoms with Crippen molar-refractivity contribution in [1.29, 1.82) is 0 Å². The lowest BCUT2D eigenvalue weighted by Gasteiger charge is -2.50. The number of rotatable bonds is 2. The highest BCUT2D eigenvalue weighted by atomic mass is 35.5. The zero-order valence-electron chi connectivity index (χ0n) is 14.0. The minimum absolute atomic E-state index is 0.0159. The minimum Gasteiger partial charge on any atom is -0.392 e. The van der Waals surface area contributed by atoms with Crippen LogP contribution in [0.5, 0.6) is 0 Å². The number of nitrogens with one attached hydrogen (secondary N) is 1. The van der Waals surface area contributed by atoms with E-state index in [1.165, 1.54) is 0 Å². The Labute approximate surface area is 157 Å². The first-order chi connectivity index (χ1) is 12.0. The summed E-state index contributed by atoms with van der Waals surface area (Å²) in [5.74, 6) is 0.229. The second kappa shape index (κ2) is 6.62. The summed E-state index contributed by atoms with van der Waals surface area (Å²) in [6.07, 6.45) is 2.09. The van der Waals surface area contributed by atoms with Crippen molar-refractivity contribution in [2.45, 2.75) is 48.1 Å². The van der Waals surface area contributed by atoms with Crippen molar-refractivity contribution in [3.63, 3.8) is 0 Å². The van der Waals surface area contributed by atoms with Gasteiger partial charge in [-0.1, -0.05) is 30.3 Å². The molecule has 1 amide bonds. The average Bonchev–Trinajstić information content (AvgIpc) is 3.07. The molecule has 0 aromatic heterocycles. The number of halogens is 1. The van der Waals surface area contributed by atoms with Gasteiger partial charge in [0.15, 0.2) is 0 Å². The number of hydrogen-bond acceptors (Lipinski definition) is 4. The number of alkyl halides is 1. The predicted octanol–water partition coefficient (Wildman–Crippen LogP) is 2.52. The number of amides is 1. The first-order valence-electron chi connectivity index (χ1n) is 8.77. The molecule has 2 heterocycles. The van der Waals surface area contributed by atoms with Crippen LogP contribution in [0.3, 0.4) is 0 Å². The molecule has 25 heavy (non-hydrogen) atoms. The van der Waals surface area contributed by atoms with E-state index in [4.69, 9.17) is 17.3 Å². The molecule has 3 aliphatic rings. The van der Waals surface area contributed by atoms with Crippen molar-refractivity contribution in [3.8, 4) is 0 Å². The second-order valence-corrected chi connectivity index (χ2v) is 8.99. The van der Waals surface area contributed by atoms with Crippen molar-refractivity contribution in [2.75, 3.05) is 0 Å². The zero-order valence-corrected chi connectivity index (χ0v) is 15.6. The Balaban J connectivity index is 1.72. The van der Waals surface area contributed by atoms with Gasteiger partial charge in [-0.2, -0.15) is 0 Å². The number of aliphatic hydroxyl groups excluding tert-OH is 1. The van der Waals surface area contributed by atoms with Crippen LogP contribution in [0, 0.1) is 11.8 Å². The largest absolute Gasteiger partial charge is 0.392 e. The van der Waals surface area contributed by atoms with Crippen molar-refractivity contribution >= 4 is 29.3 Å². The summed E-state index contributed by atoms with van der Waals surface area (Å²) in [5, 5.41) is 15.6. The number of thioether (sulfide) groups is 1. The maximum Gasteiger partial charge on any atom is 0.234 e. The predicted molar refractivity (Wildman–Crippen MR) is 101 cm³/mol. The molecule has 4 N–H and O–H groups in total. The molecule has 2 fully saturated rings. The van der Waals surface area contributed by atoms with E-state index in [0.29, 0.717) is 6.42 Å². The van der Waals surface area contributed by atoms with E-state index in [0.717, 1.165) is 11.1 Å². The zero-order chi connectivity index (χ0) is 17.7. The van der Waals surface area contributed by atoms with Crippen molar-refractivity contribution in [3.05, 3.63) is 46.9 Å². The molecular weight excluding hydrogens is 356 g/mol. The number of aliphatic hydroxyl groups is 1. The molecule has 7 unspecified atom stereocenters. The molecule has 1 saturated heterocycles. The van der Waals surface area contributed by atoms with E-state index >= 15 is 0 Å². The van der Waals surface area contributed by atoms with Gasteiger partial charge in [-0.3, -0.25) is 4.79 Å². The van der Waals surface area contributed by atoms with Crippen LogP contribution in [0.1, 0.15) is 36.4 Å². The molecule has 0 radical (unpaired) electrons. The molecule has 1 aliphatic carbocycles. The molecule has 4 rings (SSSR count). The van der Waals surface area contributed by atoms with E-state index in [1.54, 1.807) is 11.8 Å². The molecule has 0 spiro atoms. The number of hydrogen-bond donors (Lipinski definition) is 3. The maximum atomic E-state index is 12.4. The highest BCUT2D eigenvalue weighted by molar-refractivity contribution is 8.03. The van der Waals surface area contributed by atoms with Crippen molar-refractivity contribution in [2.24, 2.45) is 17.6 Å². The third kappa shape index (κ3) is 2.91. The number of allylic oxidation sites excluding steroid dienone is 1. The van der Waals surface area contributed by atoms with Gasteiger partial charge in [0.05, 0.1) is 16.7 Å². The number of piperidine rings is 1. The van der Waals surface area contributed by atoms with Gasteiger partial charge in [0, 0.05) is 23.9 Å². The van der Waals surface area contributed by atoms with Crippen LogP contribution in [-0.2, 0) is 4.79 Å². The lowest BCUT2D eigenvalue weighted by molar-refractivity contribution is -0.126. The van der Waals surface area contributed by atoms with E-state index in [-0.39, 0.29) is 46.4 Å². The van der Waals surface area contributed by atoms with Crippen molar-refractivity contribution < 1.29 is 9.90 Å². The standard InChI is InChI=1S/C19H23ClN2O2S/c1-9(21)10-2-4-11(5-3-10)15-14(23)8-13(20)17-16(15)12-6-7-25-18(12)19(24)22-17/h2-7,9,12-18,23H,8,21H2,1H3,(H,22,24)/t9-,12?,13?,14?,15?,16?,17?,18?/m1/s1. The molecule has 0 bridgehead atoms. The SMILES string of the molecule is C[C@@H](N)c1ccc(C2C(O)CC(Cl)C3NC(=O)C4SC=CC4C32)cc1. The minimum atomic E-state index is -0.514. The molecule has 6 heteroatoms. The lowest BCUT2D eigenvalue weighted by Crippen LogP contribution is -2.63. The Hall–Kier alpha value is -1.01. The normalized spacial score (nSPS) is 41.0. The van der Waals surface area contributed by atoms with Crippen LogP contribution < -0.4 is 11.1 Å². The molecule has 1 aromatic carbocycles. The average molecular weight is 379 g/mol. The summed E-state index contributed by atoms with van der Waals surface area (Å²) in [4.78, 5) is 12.4. The highest BCUT2D eigenvalue weighted by Gasteiger charge is 2.54. The molecule has 134 valence electrons. The number of carbonyl (C=O) groups excluding carboxylic acids is 1. The second-order valence-electron chi connectivity index (χ2n) is 7.37. The number of fused-ring (bicyclic) bond motifs is 3. The Morgan fingerprint density at radius 2 is 2.08 bits per heavy atom. The first-order valence-corrected chi connectivity index (χ1v) is 10.2. The molecule has 2 aliphatic heterocycles. The van der Waals surface area contributed by atoms with E-state index in [1.807, 2.05) is 24.5 Å². The van der Waals surface area contributed by atoms with Gasteiger partial charge < -0.3 is 16.2 Å². The highest BCUT2D eigenvalue weighted by Crippen LogP contribution is 2.51. The van der Waals surface area contributed by atoms with Crippen molar-refractivity contribution in [1.82, 2.24) is 5.32 Å². The smallest absolute Gasteiger partial charge is 0.234 e. The Kier molecular flexibility index (Phi) is 4.61. The summed E-state index contributed by atoms with van der Waals surface area (Å²) in [5.41, 5.74) is 8.12. The molecular formula is C19H23ClN2O2S. The summed E-state index contributed by atoms with van der Waals surface area (Å²) >= 11 is 8.10. The van der Waals surface area contributed by atoms with Crippen LogP contribution in [0.4, 0.5) is 0 Å². The van der Waals surface area contributed by atoms with Crippen LogP contribution in [-0.4, -0.2) is 33.8 Å². The maximum absolute atomic E-state index is 12.4. The number of carbonyl (C=O) groups is 1. The molecule has 4 nitrogen and oxygen atoms in total. The Morgan fingerprint density at radius 1 is 1.36 bits per heavy atom. The van der Waals surface area contributed by atoms with Gasteiger partial charge in [-0.15, -0.1) is 23.4 Å². The summed E-state index contributed by atoms with van der Waals surface area (Å²) in [7, 11) is 0. The summed E-state index contributed by atoms with van der Waals surface area (Å²) in [6, 6.07) is 8.07. The van der Waals surface area contributed by atoms with E-state index < -0.39 is 6.10 Å². The summed E-state index contributed by atoms with van der Waals surface area (Å²) < 4.78 is 0. The van der Waals surface area contributed by atoms with Gasteiger partial charge in [0.1, 0.15) is 0 Å². The van der Waals surface area contributed by atoms with Crippen LogP contribution in [0.15, 0.2) is 35.7 Å². The van der Waals surface area contributed by atoms with E-state index in [9.17, 15) is 9.90 Å². The topological polar surface area (TPSA) is 75.3 Å². The van der Waals surface area contributed by atoms with Gasteiger partial charge in [-0.25, -0.2) is 0 Å². The van der Waals surface area contributed by atoms with Crippen LogP contribution in [0.25, 0.3) is 0 Å². The third-order valence-electron chi connectivity index (χ3n) is 5.83. The lowest BCUT2D eigenvalue weighted by atomic mass is 9.63. The fourth-order valence-electron chi connectivity index (χ4n) is 4.60. The first kappa shape index (κ1) is 17.4. The molecule has 8 atom stereocenters. The Bertz CT molecular complexity index is 693. The Morgan fingerprint density at radius 3 is 2.76 bits per heavy atom. The number of nitrogens with two attached hydrogens (primary N) is 1.